The molecule has 0 fully saturated rings. The number of aliphatic imine (C=N–C) groups is 1. The van der Waals surface area contributed by atoms with E-state index in [2.05, 4.69) is 4.99 Å². The first-order chi connectivity index (χ1) is 5.64. The van der Waals surface area contributed by atoms with Crippen LogP contribution in [0.4, 0.5) is 0 Å². The molecule has 0 N–H and O–H groups in total. The summed E-state index contributed by atoms with van der Waals surface area (Å²) in [5.74, 6) is -0.294. The summed E-state index contributed by atoms with van der Waals surface area (Å²) in [6.07, 6.45) is 0. The molecule has 0 radical (unpaired) electrons. The van der Waals surface area contributed by atoms with Gasteiger partial charge in [-0.05, 0) is 20.8 Å². The highest BCUT2D eigenvalue weighted by molar-refractivity contribution is 7.56. The van der Waals surface area contributed by atoms with Crippen LogP contribution >= 0.6 is 7.60 Å². The van der Waals surface area contributed by atoms with Crippen molar-refractivity contribution in [2.45, 2.75) is 26.6 Å². The van der Waals surface area contributed by atoms with E-state index in [-0.39, 0.29) is 5.78 Å². The Morgan fingerprint density at radius 2 is 1.83 bits per heavy atom. The molecule has 0 aromatic rings. The molecule has 0 bridgehead atoms. The summed E-state index contributed by atoms with van der Waals surface area (Å²) in [6, 6.07) is 0. The fourth-order valence-corrected chi connectivity index (χ4v) is 2.85. The molecule has 1 rings (SSSR count). The summed E-state index contributed by atoms with van der Waals surface area (Å²) in [7, 11) is -2.94. The summed E-state index contributed by atoms with van der Waals surface area (Å²) in [4.78, 5) is 3.97. The van der Waals surface area contributed by atoms with E-state index in [1.54, 1.807) is 13.8 Å². The topological polar surface area (TPSA) is 47.9 Å². The lowest BCUT2D eigenvalue weighted by Crippen LogP contribution is -2.04. The zero-order valence-electron chi connectivity index (χ0n) is 7.61. The molecule has 0 saturated heterocycles. The van der Waals surface area contributed by atoms with Gasteiger partial charge in [0.05, 0.1) is 13.2 Å². The van der Waals surface area contributed by atoms with Crippen LogP contribution in [0.1, 0.15) is 20.8 Å². The van der Waals surface area contributed by atoms with Crippen molar-refractivity contribution in [3.8, 4) is 0 Å². The Kier molecular flexibility index (Phi) is 3.04. The molecule has 1 unspecified atom stereocenters. The number of hydrogen-bond donors (Lipinski definition) is 0. The van der Waals surface area contributed by atoms with E-state index in [0.717, 1.165) is 5.71 Å². The maximum atomic E-state index is 11.8. The average molecular weight is 191 g/mol. The van der Waals surface area contributed by atoms with Crippen molar-refractivity contribution in [1.82, 2.24) is 0 Å². The van der Waals surface area contributed by atoms with Crippen molar-refractivity contribution in [2.24, 2.45) is 4.99 Å². The van der Waals surface area contributed by atoms with Crippen LogP contribution in [-0.2, 0) is 13.6 Å². The molecule has 5 heteroatoms. The van der Waals surface area contributed by atoms with Crippen LogP contribution < -0.4 is 0 Å². The number of rotatable bonds is 5. The number of nitrogens with zero attached hydrogens (tertiary/aromatic N) is 1. The van der Waals surface area contributed by atoms with Crippen LogP contribution in [0.15, 0.2) is 4.99 Å². The van der Waals surface area contributed by atoms with Crippen LogP contribution in [0.3, 0.4) is 0 Å². The molecule has 0 aliphatic carbocycles. The maximum Gasteiger partial charge on any atom is 0.360 e. The van der Waals surface area contributed by atoms with Crippen molar-refractivity contribution < 1.29 is 13.6 Å². The zero-order chi connectivity index (χ0) is 9.19. The number of hydrogen-bond acceptors (Lipinski definition) is 4. The Bertz CT molecular complexity index is 229. The van der Waals surface area contributed by atoms with Crippen molar-refractivity contribution >= 4 is 13.3 Å². The SMILES string of the molecule is CCOP(=O)(OCC)C1N=C1C. The molecule has 0 saturated carbocycles. The Balaban J connectivity index is 2.54. The monoisotopic (exact) mass is 191 g/mol. The van der Waals surface area contributed by atoms with Gasteiger partial charge in [0.25, 0.3) is 0 Å². The summed E-state index contributed by atoms with van der Waals surface area (Å²) in [5, 5.41) is 0. The molecule has 0 aromatic carbocycles. The predicted octanol–water partition coefficient (Wildman–Crippen LogP) is 2.05. The van der Waals surface area contributed by atoms with Gasteiger partial charge in [0, 0.05) is 5.71 Å². The highest BCUT2D eigenvalue weighted by Gasteiger charge is 2.44. The second-order valence-electron chi connectivity index (χ2n) is 2.52. The normalized spacial score (nSPS) is 22.2. The molecule has 0 aromatic heterocycles. The average Bonchev–Trinajstić information content (AvgIpc) is 2.68. The molecule has 12 heavy (non-hydrogen) atoms. The van der Waals surface area contributed by atoms with Crippen LogP contribution in [0.5, 0.6) is 0 Å². The van der Waals surface area contributed by atoms with Gasteiger partial charge in [0.2, 0.25) is 0 Å². The lowest BCUT2D eigenvalue weighted by Gasteiger charge is -2.14. The predicted molar refractivity (Wildman–Crippen MR) is 47.8 cm³/mol. The highest BCUT2D eigenvalue weighted by Crippen LogP contribution is 2.58. The van der Waals surface area contributed by atoms with Crippen molar-refractivity contribution in [3.05, 3.63) is 0 Å². The van der Waals surface area contributed by atoms with E-state index >= 15 is 0 Å². The lowest BCUT2D eigenvalue weighted by atomic mass is 10.6. The fraction of sp³-hybridized carbons (Fsp3) is 0.857. The van der Waals surface area contributed by atoms with Gasteiger partial charge in [-0.3, -0.25) is 9.56 Å². The van der Waals surface area contributed by atoms with Crippen LogP contribution in [0.25, 0.3) is 0 Å². The standard InChI is InChI=1S/C7H14NO3P/c1-4-10-12(9,11-5-2)7-6(3)8-7/h7H,4-5H2,1-3H3. The van der Waals surface area contributed by atoms with Crippen molar-refractivity contribution in [3.63, 3.8) is 0 Å². The smallest absolute Gasteiger partial charge is 0.307 e. The third-order valence-corrected chi connectivity index (χ3v) is 3.87. The first-order valence-corrected chi connectivity index (χ1v) is 5.68. The van der Waals surface area contributed by atoms with Crippen molar-refractivity contribution in [2.75, 3.05) is 13.2 Å². The molecule has 1 atom stereocenters. The quantitative estimate of drug-likeness (QED) is 0.625. The van der Waals surface area contributed by atoms with Gasteiger partial charge in [-0.2, -0.15) is 0 Å². The molecule has 0 amide bonds. The third kappa shape index (κ3) is 1.94. The Labute approximate surface area is 72.5 Å². The highest BCUT2D eigenvalue weighted by atomic mass is 31.2. The van der Waals surface area contributed by atoms with Crippen LogP contribution in [0.2, 0.25) is 0 Å². The van der Waals surface area contributed by atoms with Crippen LogP contribution in [-0.4, -0.2) is 24.7 Å². The fourth-order valence-electron chi connectivity index (χ4n) is 0.994. The Morgan fingerprint density at radius 1 is 1.42 bits per heavy atom. The van der Waals surface area contributed by atoms with Gasteiger partial charge in [-0.25, -0.2) is 0 Å². The largest absolute Gasteiger partial charge is 0.360 e. The van der Waals surface area contributed by atoms with Gasteiger partial charge in [0.15, 0.2) is 5.78 Å². The van der Waals surface area contributed by atoms with E-state index in [1.165, 1.54) is 0 Å². The third-order valence-electron chi connectivity index (χ3n) is 1.55. The van der Waals surface area contributed by atoms with Gasteiger partial charge in [0.1, 0.15) is 0 Å². The van der Waals surface area contributed by atoms with Crippen molar-refractivity contribution in [1.29, 1.82) is 0 Å². The zero-order valence-corrected chi connectivity index (χ0v) is 8.51. The first kappa shape index (κ1) is 9.90. The summed E-state index contributed by atoms with van der Waals surface area (Å²) >= 11 is 0. The van der Waals surface area contributed by atoms with Crippen LogP contribution in [0, 0.1) is 0 Å². The minimum Gasteiger partial charge on any atom is -0.307 e. The Morgan fingerprint density at radius 3 is 2.08 bits per heavy atom. The van der Waals surface area contributed by atoms with Gasteiger partial charge >= 0.3 is 7.60 Å². The van der Waals surface area contributed by atoms with Gasteiger partial charge < -0.3 is 9.05 Å². The maximum absolute atomic E-state index is 11.8. The van der Waals surface area contributed by atoms with E-state index in [0.29, 0.717) is 13.2 Å². The molecular formula is C7H14NO3P. The molecule has 0 spiro atoms. The summed E-state index contributed by atoms with van der Waals surface area (Å²) in [5.41, 5.74) is 0.861. The summed E-state index contributed by atoms with van der Waals surface area (Å²) < 4.78 is 22.0. The van der Waals surface area contributed by atoms with Gasteiger partial charge in [-0.1, -0.05) is 0 Å². The van der Waals surface area contributed by atoms with E-state index in [4.69, 9.17) is 9.05 Å². The lowest BCUT2D eigenvalue weighted by molar-refractivity contribution is 0.219. The minimum atomic E-state index is -2.94. The molecule has 1 aliphatic heterocycles. The molecule has 4 nitrogen and oxygen atoms in total. The second kappa shape index (κ2) is 3.69. The Hall–Kier alpha value is -0.180. The molecule has 1 aliphatic rings. The molecular weight excluding hydrogens is 177 g/mol. The van der Waals surface area contributed by atoms with E-state index < -0.39 is 7.60 Å². The molecule has 70 valence electrons. The first-order valence-electron chi connectivity index (χ1n) is 4.07. The van der Waals surface area contributed by atoms with Gasteiger partial charge in [-0.15, -0.1) is 0 Å². The summed E-state index contributed by atoms with van der Waals surface area (Å²) in [6.45, 7) is 6.22. The second-order valence-corrected chi connectivity index (χ2v) is 4.60. The molecule has 1 heterocycles. The minimum absolute atomic E-state index is 0.294. The van der Waals surface area contributed by atoms with E-state index in [1.807, 2.05) is 6.92 Å². The van der Waals surface area contributed by atoms with E-state index in [9.17, 15) is 4.57 Å².